The standard InChI is InChI=1S/C15H20N2O2/c1-11-4-2-3-5-13(11)14(18)10-17-8-6-12(7-9-17)15(16)19/h2-5,12H,6-10H2,1H3,(H2,16,19). The number of amides is 1. The van der Waals surface area contributed by atoms with Crippen molar-refractivity contribution in [2.45, 2.75) is 19.8 Å². The highest BCUT2D eigenvalue weighted by atomic mass is 16.1. The van der Waals surface area contributed by atoms with E-state index in [1.807, 2.05) is 31.2 Å². The minimum atomic E-state index is -0.218. The lowest BCUT2D eigenvalue weighted by molar-refractivity contribution is -0.123. The van der Waals surface area contributed by atoms with Crippen molar-refractivity contribution in [2.24, 2.45) is 11.7 Å². The topological polar surface area (TPSA) is 63.4 Å². The average Bonchev–Trinajstić information content (AvgIpc) is 2.39. The van der Waals surface area contributed by atoms with Gasteiger partial charge in [-0.2, -0.15) is 0 Å². The van der Waals surface area contributed by atoms with Crippen LogP contribution in [0.1, 0.15) is 28.8 Å². The highest BCUT2D eigenvalue weighted by molar-refractivity contribution is 5.98. The molecular formula is C15H20N2O2. The molecule has 0 atom stereocenters. The molecule has 2 N–H and O–H groups in total. The van der Waals surface area contributed by atoms with E-state index in [1.165, 1.54) is 0 Å². The van der Waals surface area contributed by atoms with Crippen LogP contribution in [0.15, 0.2) is 24.3 Å². The number of rotatable bonds is 4. The summed E-state index contributed by atoms with van der Waals surface area (Å²) in [5, 5.41) is 0. The number of carbonyl (C=O) groups is 2. The van der Waals surface area contributed by atoms with Crippen LogP contribution in [0, 0.1) is 12.8 Å². The van der Waals surface area contributed by atoms with Gasteiger partial charge in [0.15, 0.2) is 5.78 Å². The van der Waals surface area contributed by atoms with Crippen molar-refractivity contribution >= 4 is 11.7 Å². The number of likely N-dealkylation sites (tertiary alicyclic amines) is 1. The first-order valence-corrected chi connectivity index (χ1v) is 6.68. The van der Waals surface area contributed by atoms with Crippen LogP contribution in [-0.2, 0) is 4.79 Å². The van der Waals surface area contributed by atoms with Gasteiger partial charge in [-0.25, -0.2) is 0 Å². The number of aryl methyl sites for hydroxylation is 1. The van der Waals surface area contributed by atoms with Crippen LogP contribution in [0.2, 0.25) is 0 Å². The van der Waals surface area contributed by atoms with E-state index < -0.39 is 0 Å². The molecule has 1 aliphatic heterocycles. The second-order valence-electron chi connectivity index (χ2n) is 5.19. The highest BCUT2D eigenvalue weighted by Crippen LogP contribution is 2.17. The maximum Gasteiger partial charge on any atom is 0.220 e. The Hall–Kier alpha value is -1.68. The van der Waals surface area contributed by atoms with Crippen LogP contribution in [0.3, 0.4) is 0 Å². The summed E-state index contributed by atoms with van der Waals surface area (Å²) < 4.78 is 0. The predicted molar refractivity (Wildman–Crippen MR) is 73.9 cm³/mol. The van der Waals surface area contributed by atoms with Gasteiger partial charge in [0.2, 0.25) is 5.91 Å². The van der Waals surface area contributed by atoms with E-state index in [-0.39, 0.29) is 17.6 Å². The summed E-state index contributed by atoms with van der Waals surface area (Å²) >= 11 is 0. The maximum atomic E-state index is 12.2. The summed E-state index contributed by atoms with van der Waals surface area (Å²) in [5.41, 5.74) is 7.11. The summed E-state index contributed by atoms with van der Waals surface area (Å²) in [7, 11) is 0. The molecule has 19 heavy (non-hydrogen) atoms. The van der Waals surface area contributed by atoms with E-state index in [0.717, 1.165) is 37.1 Å². The van der Waals surface area contributed by atoms with Gasteiger partial charge in [-0.05, 0) is 38.4 Å². The molecule has 0 bridgehead atoms. The molecule has 1 fully saturated rings. The van der Waals surface area contributed by atoms with Crippen LogP contribution in [-0.4, -0.2) is 36.2 Å². The Labute approximate surface area is 113 Å². The molecular weight excluding hydrogens is 240 g/mol. The van der Waals surface area contributed by atoms with Crippen molar-refractivity contribution in [3.8, 4) is 0 Å². The largest absolute Gasteiger partial charge is 0.369 e. The number of hydrogen-bond acceptors (Lipinski definition) is 3. The van der Waals surface area contributed by atoms with Gasteiger partial charge in [-0.15, -0.1) is 0 Å². The molecule has 1 saturated heterocycles. The number of hydrogen-bond donors (Lipinski definition) is 1. The summed E-state index contributed by atoms with van der Waals surface area (Å²) in [4.78, 5) is 25.4. The summed E-state index contributed by atoms with van der Waals surface area (Å²) in [6.45, 7) is 3.92. The lowest BCUT2D eigenvalue weighted by Gasteiger charge is -2.29. The number of primary amides is 1. The third-order valence-electron chi connectivity index (χ3n) is 3.80. The maximum absolute atomic E-state index is 12.2. The molecule has 1 aliphatic rings. The van der Waals surface area contributed by atoms with Gasteiger partial charge in [-0.3, -0.25) is 14.5 Å². The molecule has 4 nitrogen and oxygen atoms in total. The lowest BCUT2D eigenvalue weighted by atomic mass is 9.95. The fourth-order valence-electron chi connectivity index (χ4n) is 2.55. The second-order valence-corrected chi connectivity index (χ2v) is 5.19. The Bertz CT molecular complexity index is 477. The SMILES string of the molecule is Cc1ccccc1C(=O)CN1CCC(C(N)=O)CC1. The van der Waals surface area contributed by atoms with E-state index in [9.17, 15) is 9.59 Å². The third-order valence-corrected chi connectivity index (χ3v) is 3.80. The van der Waals surface area contributed by atoms with Crippen LogP contribution in [0.4, 0.5) is 0 Å². The smallest absolute Gasteiger partial charge is 0.220 e. The first-order valence-electron chi connectivity index (χ1n) is 6.68. The second kappa shape index (κ2) is 5.97. The van der Waals surface area contributed by atoms with Gasteiger partial charge in [0.1, 0.15) is 0 Å². The van der Waals surface area contributed by atoms with Crippen molar-refractivity contribution < 1.29 is 9.59 Å². The number of carbonyl (C=O) groups excluding carboxylic acids is 2. The zero-order valence-electron chi connectivity index (χ0n) is 11.3. The Balaban J connectivity index is 1.91. The van der Waals surface area contributed by atoms with Gasteiger partial charge in [0.25, 0.3) is 0 Å². The molecule has 2 rings (SSSR count). The van der Waals surface area contributed by atoms with Crippen molar-refractivity contribution in [1.29, 1.82) is 0 Å². The number of Topliss-reactive ketones (excluding diaryl/α,β-unsaturated/α-hetero) is 1. The number of piperidine rings is 1. The third kappa shape index (κ3) is 3.41. The summed E-state index contributed by atoms with van der Waals surface area (Å²) in [5.74, 6) is -0.0923. The molecule has 1 heterocycles. The fraction of sp³-hybridized carbons (Fsp3) is 0.467. The van der Waals surface area contributed by atoms with E-state index in [1.54, 1.807) is 0 Å². The lowest BCUT2D eigenvalue weighted by Crippen LogP contribution is -2.40. The Morgan fingerprint density at radius 1 is 1.26 bits per heavy atom. The molecule has 0 aromatic heterocycles. The molecule has 1 aromatic carbocycles. The molecule has 4 heteroatoms. The quantitative estimate of drug-likeness (QED) is 0.832. The molecule has 0 saturated carbocycles. The van der Waals surface area contributed by atoms with E-state index in [2.05, 4.69) is 4.90 Å². The summed E-state index contributed by atoms with van der Waals surface area (Å²) in [6, 6.07) is 7.64. The van der Waals surface area contributed by atoms with Gasteiger partial charge in [-0.1, -0.05) is 24.3 Å². The van der Waals surface area contributed by atoms with Gasteiger partial charge < -0.3 is 5.73 Å². The Kier molecular flexibility index (Phi) is 4.32. The highest BCUT2D eigenvalue weighted by Gasteiger charge is 2.24. The zero-order chi connectivity index (χ0) is 13.8. The van der Waals surface area contributed by atoms with Crippen molar-refractivity contribution in [3.05, 3.63) is 35.4 Å². The number of ketones is 1. The first-order chi connectivity index (χ1) is 9.08. The van der Waals surface area contributed by atoms with Crippen LogP contribution in [0.25, 0.3) is 0 Å². The first kappa shape index (κ1) is 13.7. The number of nitrogens with zero attached hydrogens (tertiary/aromatic N) is 1. The molecule has 0 spiro atoms. The minimum Gasteiger partial charge on any atom is -0.369 e. The molecule has 1 aromatic rings. The Morgan fingerprint density at radius 2 is 1.89 bits per heavy atom. The number of benzene rings is 1. The van der Waals surface area contributed by atoms with Crippen LogP contribution < -0.4 is 5.73 Å². The molecule has 0 aliphatic carbocycles. The van der Waals surface area contributed by atoms with Gasteiger partial charge >= 0.3 is 0 Å². The predicted octanol–water partition coefficient (Wildman–Crippen LogP) is 1.38. The molecule has 0 unspecified atom stereocenters. The van der Waals surface area contributed by atoms with Crippen molar-refractivity contribution in [1.82, 2.24) is 4.90 Å². The van der Waals surface area contributed by atoms with Crippen molar-refractivity contribution in [2.75, 3.05) is 19.6 Å². The minimum absolute atomic E-state index is 0.0233. The van der Waals surface area contributed by atoms with Crippen LogP contribution in [0.5, 0.6) is 0 Å². The van der Waals surface area contributed by atoms with Gasteiger partial charge in [0.05, 0.1) is 6.54 Å². The molecule has 102 valence electrons. The number of nitrogens with two attached hydrogens (primary N) is 1. The van der Waals surface area contributed by atoms with Gasteiger partial charge in [0, 0.05) is 11.5 Å². The zero-order valence-corrected chi connectivity index (χ0v) is 11.3. The van der Waals surface area contributed by atoms with E-state index >= 15 is 0 Å². The Morgan fingerprint density at radius 3 is 2.47 bits per heavy atom. The fourth-order valence-corrected chi connectivity index (χ4v) is 2.55. The molecule has 1 amide bonds. The average molecular weight is 260 g/mol. The molecule has 0 radical (unpaired) electrons. The van der Waals surface area contributed by atoms with E-state index in [4.69, 9.17) is 5.73 Å². The normalized spacial score (nSPS) is 17.3. The van der Waals surface area contributed by atoms with Crippen molar-refractivity contribution in [3.63, 3.8) is 0 Å². The van der Waals surface area contributed by atoms with Crippen LogP contribution >= 0.6 is 0 Å². The van der Waals surface area contributed by atoms with E-state index in [0.29, 0.717) is 6.54 Å². The summed E-state index contributed by atoms with van der Waals surface area (Å²) in [6.07, 6.45) is 1.52. The monoisotopic (exact) mass is 260 g/mol.